The first-order chi connectivity index (χ1) is 9.74. The van der Waals surface area contributed by atoms with E-state index in [1.54, 1.807) is 0 Å². The Bertz CT molecular complexity index is 387. The van der Waals surface area contributed by atoms with Crippen LogP contribution in [0, 0.1) is 0 Å². The van der Waals surface area contributed by atoms with Gasteiger partial charge in [-0.05, 0) is 39.3 Å². The zero-order chi connectivity index (χ0) is 14.8. The van der Waals surface area contributed by atoms with Gasteiger partial charge in [-0.15, -0.1) is 0 Å². The molecule has 0 saturated heterocycles. The minimum Gasteiger partial charge on any atom is -0.357 e. The number of aromatic nitrogens is 1. The largest absolute Gasteiger partial charge is 0.357 e. The maximum absolute atomic E-state index is 4.53. The third-order valence-electron chi connectivity index (χ3n) is 3.00. The predicted molar refractivity (Wildman–Crippen MR) is 86.3 cm³/mol. The summed E-state index contributed by atoms with van der Waals surface area (Å²) in [5.41, 5.74) is 1.12. The molecule has 0 aliphatic carbocycles. The van der Waals surface area contributed by atoms with Crippen molar-refractivity contribution in [1.29, 1.82) is 0 Å². The lowest BCUT2D eigenvalue weighted by atomic mass is 10.3. The Morgan fingerprint density at radius 1 is 1.10 bits per heavy atom. The third-order valence-corrected chi connectivity index (χ3v) is 3.00. The van der Waals surface area contributed by atoms with Crippen LogP contribution in [-0.2, 0) is 6.54 Å². The Kier molecular flexibility index (Phi) is 7.47. The van der Waals surface area contributed by atoms with Gasteiger partial charge in [-0.1, -0.05) is 6.07 Å². The molecule has 0 spiro atoms. The monoisotopic (exact) mass is 277 g/mol. The van der Waals surface area contributed by atoms with Gasteiger partial charge in [0.2, 0.25) is 0 Å². The minimum atomic E-state index is 0.640. The Hall–Kier alpha value is -1.78. The summed E-state index contributed by atoms with van der Waals surface area (Å²) < 4.78 is 0. The highest BCUT2D eigenvalue weighted by Crippen LogP contribution is 2.11. The van der Waals surface area contributed by atoms with Crippen molar-refractivity contribution in [3.8, 4) is 0 Å². The Balaban J connectivity index is 2.66. The molecular formula is C15H27N5. The molecule has 0 saturated carbocycles. The van der Waals surface area contributed by atoms with Crippen LogP contribution >= 0.6 is 0 Å². The standard InChI is InChI=1S/C15H27N5/c1-5-16-15(17-6-2)19-12-13-9-10-14(18-11-13)20(7-3)8-4/h9-11H,5-8,12H2,1-4H3,(H2,16,17,19). The number of hydrogen-bond donors (Lipinski definition) is 2. The van der Waals surface area contributed by atoms with Crippen molar-refractivity contribution in [3.05, 3.63) is 23.9 Å². The fourth-order valence-corrected chi connectivity index (χ4v) is 1.92. The Morgan fingerprint density at radius 3 is 2.20 bits per heavy atom. The summed E-state index contributed by atoms with van der Waals surface area (Å²) >= 11 is 0. The van der Waals surface area contributed by atoms with Gasteiger partial charge in [0.05, 0.1) is 6.54 Å². The van der Waals surface area contributed by atoms with Crippen molar-refractivity contribution >= 4 is 11.8 Å². The van der Waals surface area contributed by atoms with Gasteiger partial charge in [-0.25, -0.2) is 9.98 Å². The van der Waals surface area contributed by atoms with Crippen LogP contribution in [0.2, 0.25) is 0 Å². The lowest BCUT2D eigenvalue weighted by molar-refractivity contribution is 0.833. The average Bonchev–Trinajstić information content (AvgIpc) is 2.48. The van der Waals surface area contributed by atoms with E-state index in [4.69, 9.17) is 0 Å². The molecule has 0 radical (unpaired) electrons. The van der Waals surface area contributed by atoms with E-state index in [1.165, 1.54) is 0 Å². The van der Waals surface area contributed by atoms with Crippen molar-refractivity contribution < 1.29 is 0 Å². The first kappa shape index (κ1) is 16.3. The summed E-state index contributed by atoms with van der Waals surface area (Å²) in [6, 6.07) is 4.16. The molecule has 0 unspecified atom stereocenters. The highest BCUT2D eigenvalue weighted by Gasteiger charge is 2.03. The van der Waals surface area contributed by atoms with Crippen LogP contribution in [0.3, 0.4) is 0 Å². The third kappa shape index (κ3) is 5.07. The number of anilines is 1. The SMILES string of the molecule is CCNC(=NCc1ccc(N(CC)CC)nc1)NCC. The molecular weight excluding hydrogens is 250 g/mol. The molecule has 1 heterocycles. The van der Waals surface area contributed by atoms with Crippen molar-refractivity contribution in [1.82, 2.24) is 15.6 Å². The molecule has 0 atom stereocenters. The average molecular weight is 277 g/mol. The Morgan fingerprint density at radius 2 is 1.75 bits per heavy atom. The van der Waals surface area contributed by atoms with Crippen molar-refractivity contribution in [2.75, 3.05) is 31.1 Å². The predicted octanol–water partition coefficient (Wildman–Crippen LogP) is 2.00. The van der Waals surface area contributed by atoms with E-state index >= 15 is 0 Å². The minimum absolute atomic E-state index is 0.640. The highest BCUT2D eigenvalue weighted by molar-refractivity contribution is 5.79. The van der Waals surface area contributed by atoms with Crippen LogP contribution < -0.4 is 15.5 Å². The molecule has 5 heteroatoms. The van der Waals surface area contributed by atoms with Gasteiger partial charge in [-0.3, -0.25) is 0 Å². The van der Waals surface area contributed by atoms with Crippen LogP contribution in [0.15, 0.2) is 23.3 Å². The van der Waals surface area contributed by atoms with Crippen LogP contribution in [0.4, 0.5) is 5.82 Å². The molecule has 0 amide bonds. The smallest absolute Gasteiger partial charge is 0.191 e. The summed E-state index contributed by atoms with van der Waals surface area (Å²) in [4.78, 5) is 11.3. The first-order valence-electron chi connectivity index (χ1n) is 7.47. The van der Waals surface area contributed by atoms with Crippen molar-refractivity contribution in [3.63, 3.8) is 0 Å². The summed E-state index contributed by atoms with van der Waals surface area (Å²) in [6.07, 6.45) is 1.91. The van der Waals surface area contributed by atoms with Crippen LogP contribution in [0.1, 0.15) is 33.3 Å². The summed E-state index contributed by atoms with van der Waals surface area (Å²) in [6.45, 7) is 12.7. The first-order valence-corrected chi connectivity index (χ1v) is 7.47. The topological polar surface area (TPSA) is 52.6 Å². The van der Waals surface area contributed by atoms with E-state index < -0.39 is 0 Å². The second-order valence-corrected chi connectivity index (χ2v) is 4.42. The molecule has 20 heavy (non-hydrogen) atoms. The maximum Gasteiger partial charge on any atom is 0.191 e. The molecule has 0 bridgehead atoms. The van der Waals surface area contributed by atoms with Gasteiger partial charge in [0.1, 0.15) is 5.82 Å². The van der Waals surface area contributed by atoms with Crippen molar-refractivity contribution in [2.45, 2.75) is 34.2 Å². The summed E-state index contributed by atoms with van der Waals surface area (Å²) in [7, 11) is 0. The molecule has 0 aliphatic heterocycles. The second-order valence-electron chi connectivity index (χ2n) is 4.42. The lowest BCUT2D eigenvalue weighted by Gasteiger charge is -2.19. The van der Waals surface area contributed by atoms with Crippen LogP contribution in [0.5, 0.6) is 0 Å². The fourth-order valence-electron chi connectivity index (χ4n) is 1.92. The molecule has 0 aromatic carbocycles. The summed E-state index contributed by atoms with van der Waals surface area (Å²) in [5, 5.41) is 6.42. The second kappa shape index (κ2) is 9.18. The number of rotatable bonds is 7. The van der Waals surface area contributed by atoms with Crippen LogP contribution in [-0.4, -0.2) is 37.1 Å². The molecule has 1 rings (SSSR count). The molecule has 2 N–H and O–H groups in total. The molecule has 112 valence electrons. The fraction of sp³-hybridized carbons (Fsp3) is 0.600. The molecule has 1 aromatic rings. The summed E-state index contributed by atoms with van der Waals surface area (Å²) in [5.74, 6) is 1.88. The lowest BCUT2D eigenvalue weighted by Crippen LogP contribution is -2.36. The maximum atomic E-state index is 4.53. The highest BCUT2D eigenvalue weighted by atomic mass is 15.2. The van der Waals surface area contributed by atoms with E-state index in [0.717, 1.165) is 43.5 Å². The quantitative estimate of drug-likeness (QED) is 0.591. The van der Waals surface area contributed by atoms with Gasteiger partial charge in [0.25, 0.3) is 0 Å². The normalized spacial score (nSPS) is 10.0. The number of nitrogens with zero attached hydrogens (tertiary/aromatic N) is 3. The molecule has 1 aromatic heterocycles. The van der Waals surface area contributed by atoms with E-state index in [2.05, 4.69) is 65.3 Å². The van der Waals surface area contributed by atoms with E-state index in [0.29, 0.717) is 6.54 Å². The van der Waals surface area contributed by atoms with Gasteiger partial charge < -0.3 is 15.5 Å². The Labute approximate surface area is 122 Å². The van der Waals surface area contributed by atoms with E-state index in [1.807, 2.05) is 6.20 Å². The number of guanidine groups is 1. The number of pyridine rings is 1. The number of nitrogens with one attached hydrogen (secondary N) is 2. The molecule has 0 fully saturated rings. The van der Waals surface area contributed by atoms with Gasteiger partial charge in [0.15, 0.2) is 5.96 Å². The van der Waals surface area contributed by atoms with E-state index in [-0.39, 0.29) is 0 Å². The number of hydrogen-bond acceptors (Lipinski definition) is 3. The van der Waals surface area contributed by atoms with Gasteiger partial charge in [0, 0.05) is 32.4 Å². The molecule has 5 nitrogen and oxygen atoms in total. The number of aliphatic imine (C=N–C) groups is 1. The molecule has 0 aliphatic rings. The van der Waals surface area contributed by atoms with Gasteiger partial charge in [-0.2, -0.15) is 0 Å². The zero-order valence-corrected chi connectivity index (χ0v) is 13.1. The zero-order valence-electron chi connectivity index (χ0n) is 13.1. The van der Waals surface area contributed by atoms with Crippen molar-refractivity contribution in [2.24, 2.45) is 4.99 Å². The van der Waals surface area contributed by atoms with E-state index in [9.17, 15) is 0 Å². The van der Waals surface area contributed by atoms with Crippen LogP contribution in [0.25, 0.3) is 0 Å². The van der Waals surface area contributed by atoms with Gasteiger partial charge >= 0.3 is 0 Å².